The van der Waals surface area contributed by atoms with Gasteiger partial charge in [-0.1, -0.05) is 6.92 Å². The monoisotopic (exact) mass is 301 g/mol. The highest BCUT2D eigenvalue weighted by molar-refractivity contribution is 5.99. The molecule has 0 bridgehead atoms. The molecule has 5 nitrogen and oxygen atoms in total. The molecule has 0 radical (unpaired) electrons. The van der Waals surface area contributed by atoms with E-state index in [0.29, 0.717) is 26.1 Å². The zero-order valence-corrected chi connectivity index (χ0v) is 13.0. The Labute approximate surface area is 130 Å². The topological polar surface area (TPSA) is 69.3 Å². The SMILES string of the molecule is CCCn1ccc2cc(NC(=O)C3(N)CCOCC3)ccc21. The Balaban J connectivity index is 1.77. The molecule has 0 saturated carbocycles. The molecule has 1 aliphatic rings. The van der Waals surface area contributed by atoms with Gasteiger partial charge in [0.15, 0.2) is 0 Å². The maximum Gasteiger partial charge on any atom is 0.244 e. The maximum atomic E-state index is 12.4. The first-order valence-corrected chi connectivity index (χ1v) is 7.89. The normalized spacial score (nSPS) is 17.5. The molecule has 0 unspecified atom stereocenters. The highest BCUT2D eigenvalue weighted by Gasteiger charge is 2.35. The number of ether oxygens (including phenoxy) is 1. The number of nitrogens with zero attached hydrogens (tertiary/aromatic N) is 1. The highest BCUT2D eigenvalue weighted by atomic mass is 16.5. The Morgan fingerprint density at radius 3 is 2.86 bits per heavy atom. The number of anilines is 1. The third-order valence-corrected chi connectivity index (χ3v) is 4.33. The lowest BCUT2D eigenvalue weighted by Crippen LogP contribution is -2.54. The van der Waals surface area contributed by atoms with E-state index in [-0.39, 0.29) is 5.91 Å². The van der Waals surface area contributed by atoms with Gasteiger partial charge < -0.3 is 20.4 Å². The molecule has 118 valence electrons. The van der Waals surface area contributed by atoms with Crippen molar-refractivity contribution in [3.05, 3.63) is 30.5 Å². The van der Waals surface area contributed by atoms with Crippen molar-refractivity contribution in [2.45, 2.75) is 38.3 Å². The van der Waals surface area contributed by atoms with Crippen molar-refractivity contribution < 1.29 is 9.53 Å². The number of hydrogen-bond donors (Lipinski definition) is 2. The van der Waals surface area contributed by atoms with Gasteiger partial charge in [-0.15, -0.1) is 0 Å². The summed E-state index contributed by atoms with van der Waals surface area (Å²) in [7, 11) is 0. The van der Waals surface area contributed by atoms with Gasteiger partial charge in [-0.05, 0) is 43.5 Å². The second kappa shape index (κ2) is 6.10. The third kappa shape index (κ3) is 2.87. The molecule has 1 aromatic carbocycles. The fraction of sp³-hybridized carbons (Fsp3) is 0.471. The summed E-state index contributed by atoms with van der Waals surface area (Å²) < 4.78 is 7.51. The van der Waals surface area contributed by atoms with E-state index in [9.17, 15) is 4.79 Å². The first-order chi connectivity index (χ1) is 10.6. The van der Waals surface area contributed by atoms with Crippen LogP contribution in [0.3, 0.4) is 0 Å². The number of carbonyl (C=O) groups excluding carboxylic acids is 1. The van der Waals surface area contributed by atoms with E-state index in [1.165, 1.54) is 5.52 Å². The molecule has 0 atom stereocenters. The molecule has 1 aromatic heterocycles. The highest BCUT2D eigenvalue weighted by Crippen LogP contribution is 2.24. The number of benzene rings is 1. The summed E-state index contributed by atoms with van der Waals surface area (Å²) in [6, 6.07) is 8.07. The summed E-state index contributed by atoms with van der Waals surface area (Å²) >= 11 is 0. The van der Waals surface area contributed by atoms with Gasteiger partial charge in [0, 0.05) is 42.5 Å². The molecule has 0 spiro atoms. The summed E-state index contributed by atoms with van der Waals surface area (Å²) in [4.78, 5) is 12.4. The van der Waals surface area contributed by atoms with Crippen LogP contribution in [0.25, 0.3) is 10.9 Å². The van der Waals surface area contributed by atoms with Gasteiger partial charge in [-0.2, -0.15) is 0 Å². The van der Waals surface area contributed by atoms with Crippen molar-refractivity contribution >= 4 is 22.5 Å². The number of carbonyl (C=O) groups is 1. The second-order valence-electron chi connectivity index (χ2n) is 6.01. The van der Waals surface area contributed by atoms with E-state index in [2.05, 4.69) is 29.1 Å². The van der Waals surface area contributed by atoms with Crippen molar-refractivity contribution in [3.63, 3.8) is 0 Å². The van der Waals surface area contributed by atoms with E-state index < -0.39 is 5.54 Å². The minimum atomic E-state index is -0.818. The molecule has 3 N–H and O–H groups in total. The molecule has 1 fully saturated rings. The van der Waals surface area contributed by atoms with Crippen LogP contribution in [-0.4, -0.2) is 29.2 Å². The predicted octanol–water partition coefficient (Wildman–Crippen LogP) is 2.50. The molecule has 1 saturated heterocycles. The van der Waals surface area contributed by atoms with Crippen LogP contribution < -0.4 is 11.1 Å². The summed E-state index contributed by atoms with van der Waals surface area (Å²) in [5, 5.41) is 4.09. The molecule has 1 aliphatic heterocycles. The molecule has 0 aliphatic carbocycles. The van der Waals surface area contributed by atoms with Crippen LogP contribution in [0, 0.1) is 0 Å². The standard InChI is InChI=1S/C17H23N3O2/c1-2-8-20-9-5-13-12-14(3-4-15(13)20)19-16(21)17(18)6-10-22-11-7-17/h3-5,9,12H,2,6-8,10-11,18H2,1H3,(H,19,21). The number of nitrogens with two attached hydrogens (primary N) is 1. The van der Waals surface area contributed by atoms with Crippen LogP contribution >= 0.6 is 0 Å². The minimum absolute atomic E-state index is 0.122. The van der Waals surface area contributed by atoms with Crippen LogP contribution in [0.1, 0.15) is 26.2 Å². The van der Waals surface area contributed by atoms with Gasteiger partial charge in [-0.25, -0.2) is 0 Å². The average Bonchev–Trinajstić information content (AvgIpc) is 2.91. The van der Waals surface area contributed by atoms with Crippen molar-refractivity contribution in [3.8, 4) is 0 Å². The van der Waals surface area contributed by atoms with E-state index in [1.807, 2.05) is 18.2 Å². The lowest BCUT2D eigenvalue weighted by Gasteiger charge is -2.31. The van der Waals surface area contributed by atoms with E-state index >= 15 is 0 Å². The largest absolute Gasteiger partial charge is 0.381 e. The van der Waals surface area contributed by atoms with Crippen LogP contribution in [0.2, 0.25) is 0 Å². The van der Waals surface area contributed by atoms with Crippen molar-refractivity contribution in [1.82, 2.24) is 4.57 Å². The molecule has 2 heterocycles. The zero-order chi connectivity index (χ0) is 15.6. The van der Waals surface area contributed by atoms with Crippen molar-refractivity contribution in [2.75, 3.05) is 18.5 Å². The van der Waals surface area contributed by atoms with E-state index in [1.54, 1.807) is 0 Å². The van der Waals surface area contributed by atoms with Crippen LogP contribution in [0.5, 0.6) is 0 Å². The number of nitrogens with one attached hydrogen (secondary N) is 1. The average molecular weight is 301 g/mol. The van der Waals surface area contributed by atoms with Crippen LogP contribution in [-0.2, 0) is 16.1 Å². The Bertz CT molecular complexity index is 672. The van der Waals surface area contributed by atoms with Crippen molar-refractivity contribution in [1.29, 1.82) is 0 Å². The number of fused-ring (bicyclic) bond motifs is 1. The number of aromatic nitrogens is 1. The smallest absolute Gasteiger partial charge is 0.244 e. The van der Waals surface area contributed by atoms with Crippen LogP contribution in [0.4, 0.5) is 5.69 Å². The molecule has 5 heteroatoms. The van der Waals surface area contributed by atoms with Gasteiger partial charge in [-0.3, -0.25) is 4.79 Å². The Kier molecular flexibility index (Phi) is 4.18. The Hall–Kier alpha value is -1.85. The number of rotatable bonds is 4. The summed E-state index contributed by atoms with van der Waals surface area (Å²) in [5.41, 5.74) is 7.38. The zero-order valence-electron chi connectivity index (χ0n) is 13.0. The summed E-state index contributed by atoms with van der Waals surface area (Å²) in [6.07, 6.45) is 4.31. The molecule has 22 heavy (non-hydrogen) atoms. The molecular weight excluding hydrogens is 278 g/mol. The summed E-state index contributed by atoms with van der Waals surface area (Å²) in [6.45, 7) is 4.25. The molecule has 1 amide bonds. The maximum absolute atomic E-state index is 12.4. The first kappa shape index (κ1) is 15.1. The fourth-order valence-electron chi connectivity index (χ4n) is 2.93. The summed E-state index contributed by atoms with van der Waals surface area (Å²) in [5.74, 6) is -0.122. The molecule has 3 rings (SSSR count). The number of amides is 1. The first-order valence-electron chi connectivity index (χ1n) is 7.89. The second-order valence-corrected chi connectivity index (χ2v) is 6.01. The lowest BCUT2D eigenvalue weighted by molar-refractivity contribution is -0.124. The number of aryl methyl sites for hydroxylation is 1. The van der Waals surface area contributed by atoms with Gasteiger partial charge in [0.1, 0.15) is 5.54 Å². The lowest BCUT2D eigenvalue weighted by atomic mass is 9.90. The predicted molar refractivity (Wildman–Crippen MR) is 87.8 cm³/mol. The third-order valence-electron chi connectivity index (χ3n) is 4.33. The fourth-order valence-corrected chi connectivity index (χ4v) is 2.93. The van der Waals surface area contributed by atoms with Crippen molar-refractivity contribution in [2.24, 2.45) is 5.73 Å². The number of hydrogen-bond acceptors (Lipinski definition) is 3. The molecular formula is C17H23N3O2. The van der Waals surface area contributed by atoms with Gasteiger partial charge >= 0.3 is 0 Å². The van der Waals surface area contributed by atoms with Crippen LogP contribution in [0.15, 0.2) is 30.5 Å². The minimum Gasteiger partial charge on any atom is -0.381 e. The van der Waals surface area contributed by atoms with Gasteiger partial charge in [0.05, 0.1) is 0 Å². The quantitative estimate of drug-likeness (QED) is 0.911. The molecule has 2 aromatic rings. The Morgan fingerprint density at radius 1 is 1.36 bits per heavy atom. The van der Waals surface area contributed by atoms with Gasteiger partial charge in [0.25, 0.3) is 0 Å². The van der Waals surface area contributed by atoms with E-state index in [0.717, 1.165) is 24.0 Å². The van der Waals surface area contributed by atoms with E-state index in [4.69, 9.17) is 10.5 Å². The van der Waals surface area contributed by atoms with Gasteiger partial charge in [0.2, 0.25) is 5.91 Å². The Morgan fingerprint density at radius 2 is 2.14 bits per heavy atom.